The lowest BCUT2D eigenvalue weighted by Crippen LogP contribution is -2.53. The standard InChI is InChI=1S/C25H20BrF2N3O4/c1-11-6-7-16-13(8-11)25(24(34)30-16)19-17(4-3-5-18(19)32)31(22(29)20(25)23(33)35-2)21-14(26)9-12(27)10-15(21)28/h6-10H,3-5,29H2,1-2H3,(H,30,34). The lowest BCUT2D eigenvalue weighted by atomic mass is 9.63. The normalized spacial score (nSPS) is 21.3. The Morgan fingerprint density at radius 2 is 1.94 bits per heavy atom. The highest BCUT2D eigenvalue weighted by Gasteiger charge is 2.62. The van der Waals surface area contributed by atoms with Gasteiger partial charge in [-0.15, -0.1) is 0 Å². The van der Waals surface area contributed by atoms with Crippen molar-refractivity contribution < 1.29 is 27.9 Å². The van der Waals surface area contributed by atoms with Crippen molar-refractivity contribution in [2.75, 3.05) is 17.3 Å². The van der Waals surface area contributed by atoms with E-state index in [0.717, 1.165) is 18.7 Å². The van der Waals surface area contributed by atoms with Gasteiger partial charge in [0.05, 0.1) is 12.8 Å². The summed E-state index contributed by atoms with van der Waals surface area (Å²) < 4.78 is 34.1. The molecule has 1 aliphatic carbocycles. The van der Waals surface area contributed by atoms with Gasteiger partial charge in [-0.05, 0) is 47.8 Å². The smallest absolute Gasteiger partial charge is 0.339 e. The molecule has 0 saturated heterocycles. The fraction of sp³-hybridized carbons (Fsp3) is 0.240. The average Bonchev–Trinajstić information content (AvgIpc) is 3.06. The van der Waals surface area contributed by atoms with Gasteiger partial charge in [0.2, 0.25) is 5.91 Å². The van der Waals surface area contributed by atoms with Crippen LogP contribution in [0.5, 0.6) is 0 Å². The van der Waals surface area contributed by atoms with Crippen molar-refractivity contribution in [3.05, 3.63) is 80.2 Å². The van der Waals surface area contributed by atoms with Gasteiger partial charge in [0, 0.05) is 39.5 Å². The number of ether oxygens (including phenoxy) is 1. The number of ketones is 1. The van der Waals surface area contributed by atoms with Crippen molar-refractivity contribution in [3.8, 4) is 0 Å². The van der Waals surface area contributed by atoms with Gasteiger partial charge in [-0.2, -0.15) is 0 Å². The third-order valence-corrected chi connectivity index (χ3v) is 7.27. The van der Waals surface area contributed by atoms with Crippen LogP contribution in [0.2, 0.25) is 0 Å². The zero-order valence-electron chi connectivity index (χ0n) is 18.8. The molecule has 1 amide bonds. The number of benzene rings is 2. The van der Waals surface area contributed by atoms with Crippen LogP contribution in [0.3, 0.4) is 0 Å². The van der Waals surface area contributed by atoms with Crippen molar-refractivity contribution in [2.45, 2.75) is 31.6 Å². The molecule has 1 spiro atoms. The second kappa shape index (κ2) is 8.01. The zero-order chi connectivity index (χ0) is 25.2. The molecule has 35 heavy (non-hydrogen) atoms. The number of hydrogen-bond acceptors (Lipinski definition) is 6. The third-order valence-electron chi connectivity index (χ3n) is 6.66. The number of esters is 1. The molecule has 2 aliphatic heterocycles. The summed E-state index contributed by atoms with van der Waals surface area (Å²) in [5, 5.41) is 2.78. The van der Waals surface area contributed by atoms with Gasteiger partial charge in [0.1, 0.15) is 22.6 Å². The summed E-state index contributed by atoms with van der Waals surface area (Å²) in [5.74, 6) is -4.00. The van der Waals surface area contributed by atoms with E-state index >= 15 is 4.39 Å². The number of amides is 1. The molecule has 0 saturated carbocycles. The highest BCUT2D eigenvalue weighted by atomic mass is 79.9. The maximum atomic E-state index is 15.2. The van der Waals surface area contributed by atoms with Crippen LogP contribution < -0.4 is 16.0 Å². The van der Waals surface area contributed by atoms with Crippen LogP contribution in [-0.4, -0.2) is 24.8 Å². The maximum absolute atomic E-state index is 15.2. The monoisotopic (exact) mass is 543 g/mol. The number of allylic oxidation sites excluding steroid dienone is 1. The molecule has 3 aliphatic rings. The Kier molecular flexibility index (Phi) is 5.32. The number of rotatable bonds is 2. The Hall–Kier alpha value is -3.53. The molecular formula is C25H20BrF2N3O4. The number of fused-ring (bicyclic) bond motifs is 3. The summed E-state index contributed by atoms with van der Waals surface area (Å²) in [4.78, 5) is 41.8. The van der Waals surface area contributed by atoms with Crippen LogP contribution in [0.4, 0.5) is 20.2 Å². The molecule has 180 valence electrons. The molecular weight excluding hydrogens is 524 g/mol. The number of carbonyl (C=O) groups excluding carboxylic acids is 3. The number of aryl methyl sites for hydroxylation is 1. The second-order valence-electron chi connectivity index (χ2n) is 8.66. The summed E-state index contributed by atoms with van der Waals surface area (Å²) >= 11 is 3.19. The van der Waals surface area contributed by atoms with Gasteiger partial charge in [-0.3, -0.25) is 14.5 Å². The minimum Gasteiger partial charge on any atom is -0.466 e. The maximum Gasteiger partial charge on any atom is 0.339 e. The van der Waals surface area contributed by atoms with Crippen molar-refractivity contribution in [1.29, 1.82) is 0 Å². The van der Waals surface area contributed by atoms with Crippen LogP contribution in [0, 0.1) is 18.6 Å². The summed E-state index contributed by atoms with van der Waals surface area (Å²) in [5.41, 5.74) is 6.16. The minimum absolute atomic E-state index is 0.0232. The topological polar surface area (TPSA) is 102 Å². The minimum atomic E-state index is -1.87. The van der Waals surface area contributed by atoms with E-state index in [-0.39, 0.29) is 51.4 Å². The van der Waals surface area contributed by atoms with Crippen LogP contribution in [0.1, 0.15) is 30.4 Å². The van der Waals surface area contributed by atoms with Crippen molar-refractivity contribution in [2.24, 2.45) is 5.73 Å². The Labute approximate surface area is 207 Å². The fourth-order valence-corrected chi connectivity index (χ4v) is 5.91. The Balaban J connectivity index is 1.95. The van der Waals surface area contributed by atoms with E-state index in [1.54, 1.807) is 18.2 Å². The first-order chi connectivity index (χ1) is 16.6. The number of nitrogens with one attached hydrogen (secondary N) is 1. The summed E-state index contributed by atoms with van der Waals surface area (Å²) in [6.45, 7) is 1.82. The van der Waals surface area contributed by atoms with Gasteiger partial charge < -0.3 is 15.8 Å². The fourth-order valence-electron chi connectivity index (χ4n) is 5.33. The van der Waals surface area contributed by atoms with Gasteiger partial charge in [-0.25, -0.2) is 13.6 Å². The second-order valence-corrected chi connectivity index (χ2v) is 9.51. The van der Waals surface area contributed by atoms with Crippen molar-refractivity contribution in [1.82, 2.24) is 0 Å². The molecule has 7 nitrogen and oxygen atoms in total. The molecule has 0 aromatic heterocycles. The molecule has 5 rings (SSSR count). The summed E-state index contributed by atoms with van der Waals surface area (Å²) in [6, 6.07) is 6.95. The number of anilines is 2. The molecule has 0 bridgehead atoms. The Morgan fingerprint density at radius 3 is 2.63 bits per heavy atom. The molecule has 10 heteroatoms. The van der Waals surface area contributed by atoms with Crippen LogP contribution >= 0.6 is 15.9 Å². The highest BCUT2D eigenvalue weighted by Crippen LogP contribution is 2.56. The lowest BCUT2D eigenvalue weighted by molar-refractivity contribution is -0.138. The largest absolute Gasteiger partial charge is 0.466 e. The van der Waals surface area contributed by atoms with Crippen molar-refractivity contribution >= 4 is 45.0 Å². The number of Topliss-reactive ketones (excluding diaryl/α,β-unsaturated/α-hetero) is 1. The van der Waals surface area contributed by atoms with E-state index in [1.165, 1.54) is 4.90 Å². The molecule has 2 aromatic rings. The number of halogens is 3. The summed E-state index contributed by atoms with van der Waals surface area (Å²) in [6.07, 6.45) is 0.827. The van der Waals surface area contributed by atoms with Gasteiger partial charge >= 0.3 is 5.97 Å². The number of nitrogens with two attached hydrogens (primary N) is 1. The van der Waals surface area contributed by atoms with Gasteiger partial charge in [0.25, 0.3) is 0 Å². The molecule has 0 radical (unpaired) electrons. The number of methoxy groups -OCH3 is 1. The zero-order valence-corrected chi connectivity index (χ0v) is 20.4. The Bertz CT molecular complexity index is 1390. The van der Waals surface area contributed by atoms with Gasteiger partial charge in [0.15, 0.2) is 11.6 Å². The van der Waals surface area contributed by atoms with E-state index in [9.17, 15) is 18.8 Å². The first-order valence-electron chi connectivity index (χ1n) is 10.9. The molecule has 1 unspecified atom stereocenters. The van der Waals surface area contributed by atoms with E-state index in [2.05, 4.69) is 21.2 Å². The molecule has 0 fully saturated rings. The summed E-state index contributed by atoms with van der Waals surface area (Å²) in [7, 11) is 1.13. The predicted molar refractivity (Wildman–Crippen MR) is 127 cm³/mol. The molecule has 3 N–H and O–H groups in total. The van der Waals surface area contributed by atoms with Crippen LogP contribution in [0.15, 0.2) is 57.5 Å². The predicted octanol–water partition coefficient (Wildman–Crippen LogP) is 4.10. The quantitative estimate of drug-likeness (QED) is 0.553. The van der Waals surface area contributed by atoms with E-state index < -0.39 is 28.9 Å². The average molecular weight is 544 g/mol. The first-order valence-corrected chi connectivity index (χ1v) is 11.6. The molecule has 1 atom stereocenters. The van der Waals surface area contributed by atoms with E-state index in [0.29, 0.717) is 23.7 Å². The van der Waals surface area contributed by atoms with Crippen LogP contribution in [-0.2, 0) is 24.5 Å². The van der Waals surface area contributed by atoms with Crippen LogP contribution in [0.25, 0.3) is 0 Å². The molecule has 2 heterocycles. The third kappa shape index (κ3) is 3.09. The number of hydrogen-bond donors (Lipinski definition) is 2. The Morgan fingerprint density at radius 1 is 1.20 bits per heavy atom. The van der Waals surface area contributed by atoms with Crippen molar-refractivity contribution in [3.63, 3.8) is 0 Å². The number of nitrogens with zero attached hydrogens (tertiary/aromatic N) is 1. The molecule has 2 aromatic carbocycles. The SMILES string of the molecule is COC(=O)C1=C(N)N(c2c(F)cc(F)cc2Br)C2=C(C(=O)CCC2)C12C(=O)Nc1ccc(C)cc12. The number of carbonyl (C=O) groups is 3. The van der Waals surface area contributed by atoms with E-state index in [4.69, 9.17) is 10.5 Å². The first kappa shape index (κ1) is 23.2. The van der Waals surface area contributed by atoms with Gasteiger partial charge in [-0.1, -0.05) is 17.7 Å². The highest BCUT2D eigenvalue weighted by molar-refractivity contribution is 9.10. The lowest BCUT2D eigenvalue weighted by Gasteiger charge is -2.44. The van der Waals surface area contributed by atoms with E-state index in [1.807, 2.05) is 6.92 Å².